The van der Waals surface area contributed by atoms with E-state index in [0.717, 1.165) is 31.7 Å². The minimum absolute atomic E-state index is 0.169. The molecule has 3 aromatic rings. The first-order valence-electron chi connectivity index (χ1n) is 9.30. The number of aromatic carboxylic acids is 1. The third kappa shape index (κ3) is 4.42. The fourth-order valence-electron chi connectivity index (χ4n) is 3.15. The molecule has 156 valence electrons. The number of piperidine rings is 1. The smallest absolute Gasteiger partial charge is 0.338 e. The number of aromatic nitrogens is 2. The van der Waals surface area contributed by atoms with Gasteiger partial charge in [0.1, 0.15) is 5.69 Å². The number of nitrogens with zero attached hydrogens (tertiary/aromatic N) is 3. The highest BCUT2D eigenvalue weighted by atomic mass is 32.1. The lowest BCUT2D eigenvalue weighted by Crippen LogP contribution is -2.40. The normalized spacial score (nSPS) is 14.5. The second kappa shape index (κ2) is 8.78. The standard InChI is InChI=1S/C19H20N6O3S2/c20-11-3-6-25(7-4-11)16-13(2-1-5-21-16)22-17(26)15-10-30-19(24-15)23-14-9-29-8-12(14)18(27)28/h1-2,5,8-11H,3-4,6-7,20H2,(H,22,26)(H,23,24)(H,27,28). The Kier molecular flexibility index (Phi) is 5.93. The van der Waals surface area contributed by atoms with Crippen LogP contribution in [0.5, 0.6) is 0 Å². The van der Waals surface area contributed by atoms with Gasteiger partial charge in [-0.05, 0) is 25.0 Å². The Hall–Kier alpha value is -3.02. The quantitative estimate of drug-likeness (QED) is 0.455. The predicted molar refractivity (Wildman–Crippen MR) is 118 cm³/mol. The van der Waals surface area contributed by atoms with Crippen LogP contribution in [0.2, 0.25) is 0 Å². The largest absolute Gasteiger partial charge is 0.478 e. The summed E-state index contributed by atoms with van der Waals surface area (Å²) in [5, 5.41) is 20.4. The van der Waals surface area contributed by atoms with Crippen molar-refractivity contribution in [2.45, 2.75) is 18.9 Å². The van der Waals surface area contributed by atoms with Crippen molar-refractivity contribution in [3.05, 3.63) is 45.7 Å². The van der Waals surface area contributed by atoms with Gasteiger partial charge in [-0.25, -0.2) is 14.8 Å². The monoisotopic (exact) mass is 444 g/mol. The minimum atomic E-state index is -1.02. The summed E-state index contributed by atoms with van der Waals surface area (Å²) in [5.74, 6) is -0.655. The number of carboxylic acids is 1. The second-order valence-electron chi connectivity index (χ2n) is 6.82. The van der Waals surface area contributed by atoms with Gasteiger partial charge in [0.15, 0.2) is 10.9 Å². The summed E-state index contributed by atoms with van der Waals surface area (Å²) in [7, 11) is 0. The van der Waals surface area contributed by atoms with Crippen LogP contribution in [0.4, 0.5) is 22.3 Å². The molecule has 1 aliphatic heterocycles. The summed E-state index contributed by atoms with van der Waals surface area (Å²) in [6.45, 7) is 1.58. The Labute approximate surface area is 180 Å². The van der Waals surface area contributed by atoms with Crippen LogP contribution in [0.25, 0.3) is 0 Å². The van der Waals surface area contributed by atoms with E-state index in [9.17, 15) is 14.7 Å². The van der Waals surface area contributed by atoms with E-state index in [1.54, 1.807) is 28.4 Å². The van der Waals surface area contributed by atoms with Gasteiger partial charge in [-0.1, -0.05) is 0 Å². The fourth-order valence-corrected chi connectivity index (χ4v) is 4.61. The third-order valence-corrected chi connectivity index (χ3v) is 6.25. The van der Waals surface area contributed by atoms with Gasteiger partial charge in [0.2, 0.25) is 0 Å². The molecule has 5 N–H and O–H groups in total. The number of anilines is 4. The van der Waals surface area contributed by atoms with Crippen LogP contribution in [0.3, 0.4) is 0 Å². The second-order valence-corrected chi connectivity index (χ2v) is 8.42. The summed E-state index contributed by atoms with van der Waals surface area (Å²) in [5.41, 5.74) is 7.46. The summed E-state index contributed by atoms with van der Waals surface area (Å²) in [6, 6.07) is 3.78. The van der Waals surface area contributed by atoms with Gasteiger partial charge in [-0.3, -0.25) is 4.79 Å². The zero-order valence-electron chi connectivity index (χ0n) is 15.9. The molecule has 0 saturated carbocycles. The zero-order chi connectivity index (χ0) is 21.1. The van der Waals surface area contributed by atoms with Crippen molar-refractivity contribution in [3.63, 3.8) is 0 Å². The molecule has 30 heavy (non-hydrogen) atoms. The van der Waals surface area contributed by atoms with E-state index in [2.05, 4.69) is 25.5 Å². The number of thiophene rings is 1. The molecular formula is C19H20N6O3S2. The highest BCUT2D eigenvalue weighted by Crippen LogP contribution is 2.29. The number of nitrogens with two attached hydrogens (primary N) is 1. The lowest BCUT2D eigenvalue weighted by atomic mass is 10.1. The molecule has 1 saturated heterocycles. The predicted octanol–water partition coefficient (Wildman–Crippen LogP) is 3.22. The van der Waals surface area contributed by atoms with Crippen molar-refractivity contribution < 1.29 is 14.7 Å². The van der Waals surface area contributed by atoms with Gasteiger partial charge < -0.3 is 26.4 Å². The van der Waals surface area contributed by atoms with Crippen molar-refractivity contribution in [3.8, 4) is 0 Å². The number of nitrogens with one attached hydrogen (secondary N) is 2. The first kappa shape index (κ1) is 20.3. The molecule has 3 aromatic heterocycles. The molecule has 0 spiro atoms. The number of amides is 1. The van der Waals surface area contributed by atoms with Gasteiger partial charge in [0.05, 0.1) is 16.9 Å². The van der Waals surface area contributed by atoms with Gasteiger partial charge >= 0.3 is 5.97 Å². The molecule has 0 atom stereocenters. The summed E-state index contributed by atoms with van der Waals surface area (Å²) < 4.78 is 0. The van der Waals surface area contributed by atoms with Crippen LogP contribution >= 0.6 is 22.7 Å². The van der Waals surface area contributed by atoms with Crippen LogP contribution in [-0.2, 0) is 0 Å². The number of hydrogen-bond acceptors (Lipinski definition) is 9. The van der Waals surface area contributed by atoms with Crippen molar-refractivity contribution in [2.75, 3.05) is 28.6 Å². The highest BCUT2D eigenvalue weighted by Gasteiger charge is 2.21. The molecule has 4 rings (SSSR count). The number of rotatable bonds is 6. The van der Waals surface area contributed by atoms with E-state index in [1.807, 2.05) is 6.07 Å². The Bertz CT molecular complexity index is 1060. The highest BCUT2D eigenvalue weighted by molar-refractivity contribution is 7.14. The lowest BCUT2D eigenvalue weighted by Gasteiger charge is -2.32. The van der Waals surface area contributed by atoms with E-state index in [1.165, 1.54) is 22.7 Å². The maximum atomic E-state index is 12.7. The molecule has 9 nitrogen and oxygen atoms in total. The van der Waals surface area contributed by atoms with Gasteiger partial charge in [0.25, 0.3) is 5.91 Å². The van der Waals surface area contributed by atoms with E-state index >= 15 is 0 Å². The molecule has 0 radical (unpaired) electrons. The van der Waals surface area contributed by atoms with Crippen LogP contribution in [0.15, 0.2) is 34.5 Å². The van der Waals surface area contributed by atoms with E-state index in [0.29, 0.717) is 16.5 Å². The number of pyridine rings is 1. The van der Waals surface area contributed by atoms with Crippen LogP contribution in [0, 0.1) is 0 Å². The molecule has 0 bridgehead atoms. The number of hydrogen-bond donors (Lipinski definition) is 4. The van der Waals surface area contributed by atoms with E-state index < -0.39 is 5.97 Å². The topological polar surface area (TPSA) is 133 Å². The lowest BCUT2D eigenvalue weighted by molar-refractivity contribution is 0.0698. The minimum Gasteiger partial charge on any atom is -0.478 e. The first-order chi connectivity index (χ1) is 14.5. The number of carbonyl (C=O) groups is 2. The fraction of sp³-hybridized carbons (Fsp3) is 0.263. The molecule has 11 heteroatoms. The first-order valence-corrected chi connectivity index (χ1v) is 11.1. The third-order valence-electron chi connectivity index (χ3n) is 4.74. The van der Waals surface area contributed by atoms with Gasteiger partial charge in [-0.2, -0.15) is 0 Å². The van der Waals surface area contributed by atoms with E-state index in [-0.39, 0.29) is 23.2 Å². The van der Waals surface area contributed by atoms with E-state index in [4.69, 9.17) is 5.73 Å². The Morgan fingerprint density at radius 1 is 1.20 bits per heavy atom. The average Bonchev–Trinajstić information content (AvgIpc) is 3.39. The van der Waals surface area contributed by atoms with Crippen LogP contribution < -0.4 is 21.3 Å². The molecule has 1 fully saturated rings. The summed E-state index contributed by atoms with van der Waals surface area (Å²) in [6.07, 6.45) is 3.46. The van der Waals surface area contributed by atoms with Crippen molar-refractivity contribution in [2.24, 2.45) is 5.73 Å². The maximum absolute atomic E-state index is 12.7. The number of carbonyl (C=O) groups excluding carboxylic acids is 1. The molecular weight excluding hydrogens is 424 g/mol. The number of carboxylic acid groups (broad SMARTS) is 1. The molecule has 1 amide bonds. The van der Waals surface area contributed by atoms with Gasteiger partial charge in [0, 0.05) is 41.5 Å². The molecule has 0 aliphatic carbocycles. The van der Waals surface area contributed by atoms with Crippen molar-refractivity contribution in [1.29, 1.82) is 0 Å². The molecule has 1 aliphatic rings. The van der Waals surface area contributed by atoms with Crippen molar-refractivity contribution >= 4 is 56.9 Å². The zero-order valence-corrected chi connectivity index (χ0v) is 17.5. The summed E-state index contributed by atoms with van der Waals surface area (Å²) >= 11 is 2.51. The average molecular weight is 445 g/mol. The van der Waals surface area contributed by atoms with Crippen LogP contribution in [-0.4, -0.2) is 46.1 Å². The molecule has 0 unspecified atom stereocenters. The summed E-state index contributed by atoms with van der Waals surface area (Å²) in [4.78, 5) is 34.8. The molecule has 0 aromatic carbocycles. The Balaban J connectivity index is 1.46. The maximum Gasteiger partial charge on any atom is 0.338 e. The SMILES string of the molecule is NC1CCN(c2ncccc2NC(=O)c2csc(Nc3cscc3C(=O)O)n2)CC1. The van der Waals surface area contributed by atoms with Gasteiger partial charge in [-0.15, -0.1) is 22.7 Å². The molecule has 4 heterocycles. The van der Waals surface area contributed by atoms with Crippen LogP contribution in [0.1, 0.15) is 33.7 Å². The Morgan fingerprint density at radius 2 is 2.00 bits per heavy atom. The number of thiazole rings is 1. The Morgan fingerprint density at radius 3 is 2.77 bits per heavy atom. The van der Waals surface area contributed by atoms with Crippen molar-refractivity contribution in [1.82, 2.24) is 9.97 Å².